The summed E-state index contributed by atoms with van der Waals surface area (Å²) in [6, 6.07) is 14.6. The van der Waals surface area contributed by atoms with Gasteiger partial charge in [-0.2, -0.15) is 10.1 Å². The van der Waals surface area contributed by atoms with Crippen molar-refractivity contribution in [3.63, 3.8) is 0 Å². The van der Waals surface area contributed by atoms with Crippen LogP contribution in [-0.2, 0) is 0 Å². The van der Waals surface area contributed by atoms with Crippen molar-refractivity contribution in [1.82, 2.24) is 14.8 Å². The summed E-state index contributed by atoms with van der Waals surface area (Å²) in [5.74, 6) is 0.782. The van der Waals surface area contributed by atoms with E-state index in [-0.39, 0.29) is 6.04 Å². The third-order valence-corrected chi connectivity index (χ3v) is 4.27. The van der Waals surface area contributed by atoms with Gasteiger partial charge in [-0.25, -0.2) is 4.68 Å². The van der Waals surface area contributed by atoms with E-state index in [0.29, 0.717) is 0 Å². The molecule has 0 saturated heterocycles. The van der Waals surface area contributed by atoms with Crippen LogP contribution in [0.2, 0.25) is 0 Å². The highest BCUT2D eigenvalue weighted by Crippen LogP contribution is 2.33. The third kappa shape index (κ3) is 1.83. The first-order chi connectivity index (χ1) is 9.92. The molecule has 0 amide bonds. The fourth-order valence-electron chi connectivity index (χ4n) is 2.38. The van der Waals surface area contributed by atoms with Gasteiger partial charge in [0.15, 0.2) is 0 Å². The summed E-state index contributed by atoms with van der Waals surface area (Å²) in [4.78, 5) is 5.55. The van der Waals surface area contributed by atoms with Crippen molar-refractivity contribution in [2.75, 3.05) is 5.32 Å². The molecule has 3 aromatic rings. The van der Waals surface area contributed by atoms with Gasteiger partial charge in [0, 0.05) is 10.6 Å². The number of fused-ring (bicyclic) bond motifs is 1. The number of allylic oxidation sites excluding steroid dienone is 1. The molecular weight excluding hydrogens is 268 g/mol. The molecule has 0 saturated carbocycles. The van der Waals surface area contributed by atoms with E-state index in [1.807, 2.05) is 22.9 Å². The first kappa shape index (κ1) is 11.4. The highest BCUT2D eigenvalue weighted by molar-refractivity contribution is 7.10. The standard InChI is InChI=1S/C15H12N4S/c1-2-5-11(6-3-1)12-9-13(14-7-4-8-20-14)19-15(18-12)16-10-17-19/h1-10,13H,(H,16,17,18). The molecule has 0 spiro atoms. The lowest BCUT2D eigenvalue weighted by Crippen LogP contribution is -2.19. The van der Waals surface area contributed by atoms with Gasteiger partial charge in [-0.15, -0.1) is 11.3 Å². The Hall–Kier alpha value is -2.40. The normalized spacial score (nSPS) is 17.2. The van der Waals surface area contributed by atoms with E-state index < -0.39 is 0 Å². The molecule has 0 bridgehead atoms. The van der Waals surface area contributed by atoms with E-state index in [2.05, 4.69) is 51.1 Å². The summed E-state index contributed by atoms with van der Waals surface area (Å²) < 4.78 is 1.91. The van der Waals surface area contributed by atoms with Gasteiger partial charge in [0.2, 0.25) is 5.95 Å². The van der Waals surface area contributed by atoms with E-state index in [0.717, 1.165) is 17.2 Å². The molecule has 1 N–H and O–H groups in total. The molecule has 0 aliphatic carbocycles. The lowest BCUT2D eigenvalue weighted by Gasteiger charge is -2.23. The maximum Gasteiger partial charge on any atom is 0.226 e. The van der Waals surface area contributed by atoms with Gasteiger partial charge in [0.25, 0.3) is 0 Å². The number of hydrogen-bond donors (Lipinski definition) is 1. The highest BCUT2D eigenvalue weighted by atomic mass is 32.1. The minimum Gasteiger partial charge on any atom is -0.324 e. The average Bonchev–Trinajstić information content (AvgIpc) is 3.18. The van der Waals surface area contributed by atoms with Crippen LogP contribution >= 0.6 is 11.3 Å². The molecule has 4 rings (SSSR count). The Balaban J connectivity index is 1.83. The molecule has 1 aliphatic heterocycles. The van der Waals surface area contributed by atoms with Crippen molar-refractivity contribution in [1.29, 1.82) is 0 Å². The summed E-state index contributed by atoms with van der Waals surface area (Å²) in [6.45, 7) is 0. The maximum absolute atomic E-state index is 4.33. The van der Waals surface area contributed by atoms with Crippen molar-refractivity contribution in [2.45, 2.75) is 6.04 Å². The lowest BCUT2D eigenvalue weighted by atomic mass is 10.1. The van der Waals surface area contributed by atoms with Gasteiger partial charge in [0.05, 0.1) is 0 Å². The second-order valence-electron chi connectivity index (χ2n) is 4.56. The molecule has 98 valence electrons. The fraction of sp³-hybridized carbons (Fsp3) is 0.0667. The molecule has 5 heteroatoms. The SMILES string of the molecule is C1=C(c2ccccc2)Nc2ncnn2C1c1cccs1. The van der Waals surface area contributed by atoms with Crippen LogP contribution in [0.15, 0.2) is 60.2 Å². The van der Waals surface area contributed by atoms with Gasteiger partial charge < -0.3 is 5.32 Å². The summed E-state index contributed by atoms with van der Waals surface area (Å²) >= 11 is 1.73. The van der Waals surface area contributed by atoms with Crippen LogP contribution in [0, 0.1) is 0 Å². The van der Waals surface area contributed by atoms with Crippen LogP contribution in [0.3, 0.4) is 0 Å². The predicted octanol–water partition coefficient (Wildman–Crippen LogP) is 3.40. The second kappa shape index (κ2) is 4.61. The Kier molecular flexibility index (Phi) is 2.63. The third-order valence-electron chi connectivity index (χ3n) is 3.33. The number of nitrogens with one attached hydrogen (secondary N) is 1. The van der Waals surface area contributed by atoms with Gasteiger partial charge >= 0.3 is 0 Å². The Morgan fingerprint density at radius 2 is 2.00 bits per heavy atom. The molecule has 20 heavy (non-hydrogen) atoms. The van der Waals surface area contributed by atoms with Gasteiger partial charge in [-0.1, -0.05) is 36.4 Å². The van der Waals surface area contributed by atoms with Crippen molar-refractivity contribution in [3.05, 3.63) is 70.7 Å². The van der Waals surface area contributed by atoms with Crippen LogP contribution < -0.4 is 5.32 Å². The minimum atomic E-state index is 0.101. The zero-order valence-corrected chi connectivity index (χ0v) is 11.4. The van der Waals surface area contributed by atoms with E-state index in [1.54, 1.807) is 17.7 Å². The molecule has 4 nitrogen and oxygen atoms in total. The molecule has 1 atom stereocenters. The zero-order chi connectivity index (χ0) is 13.4. The first-order valence-electron chi connectivity index (χ1n) is 6.39. The van der Waals surface area contributed by atoms with Gasteiger partial charge in [0.1, 0.15) is 12.4 Å². The van der Waals surface area contributed by atoms with Crippen molar-refractivity contribution in [2.24, 2.45) is 0 Å². The largest absolute Gasteiger partial charge is 0.324 e. The predicted molar refractivity (Wildman–Crippen MR) is 80.5 cm³/mol. The molecule has 3 heterocycles. The van der Waals surface area contributed by atoms with Crippen LogP contribution in [0.1, 0.15) is 16.5 Å². The summed E-state index contributed by atoms with van der Waals surface area (Å²) in [6.07, 6.45) is 3.79. The minimum absolute atomic E-state index is 0.101. The monoisotopic (exact) mass is 280 g/mol. The topological polar surface area (TPSA) is 42.7 Å². The quantitative estimate of drug-likeness (QED) is 0.782. The smallest absolute Gasteiger partial charge is 0.226 e. The molecule has 1 aliphatic rings. The first-order valence-corrected chi connectivity index (χ1v) is 7.27. The fourth-order valence-corrected chi connectivity index (χ4v) is 3.16. The number of aromatic nitrogens is 3. The summed E-state index contributed by atoms with van der Waals surface area (Å²) in [5.41, 5.74) is 2.23. The van der Waals surface area contributed by atoms with Gasteiger partial charge in [-0.05, 0) is 23.1 Å². The molecule has 2 aromatic heterocycles. The van der Waals surface area contributed by atoms with Crippen molar-refractivity contribution >= 4 is 23.0 Å². The average molecular weight is 280 g/mol. The lowest BCUT2D eigenvalue weighted by molar-refractivity contribution is 0.620. The molecule has 1 aromatic carbocycles. The second-order valence-corrected chi connectivity index (χ2v) is 5.54. The van der Waals surface area contributed by atoms with Crippen LogP contribution in [0.25, 0.3) is 5.70 Å². The number of anilines is 1. The molecule has 1 unspecified atom stereocenters. The Labute approximate surface area is 120 Å². The zero-order valence-electron chi connectivity index (χ0n) is 10.6. The number of benzene rings is 1. The van der Waals surface area contributed by atoms with Gasteiger partial charge in [-0.3, -0.25) is 0 Å². The van der Waals surface area contributed by atoms with E-state index in [4.69, 9.17) is 0 Å². The highest BCUT2D eigenvalue weighted by Gasteiger charge is 2.23. The van der Waals surface area contributed by atoms with Crippen LogP contribution in [-0.4, -0.2) is 14.8 Å². The summed E-state index contributed by atoms with van der Waals surface area (Å²) in [5, 5.41) is 9.75. The van der Waals surface area contributed by atoms with Crippen LogP contribution in [0.5, 0.6) is 0 Å². The van der Waals surface area contributed by atoms with Crippen LogP contribution in [0.4, 0.5) is 5.95 Å². The van der Waals surface area contributed by atoms with Crippen molar-refractivity contribution in [3.8, 4) is 0 Å². The maximum atomic E-state index is 4.33. The van der Waals surface area contributed by atoms with E-state index in [9.17, 15) is 0 Å². The number of thiophene rings is 1. The van der Waals surface area contributed by atoms with Crippen molar-refractivity contribution < 1.29 is 0 Å². The number of nitrogens with zero attached hydrogens (tertiary/aromatic N) is 3. The Morgan fingerprint density at radius 3 is 2.80 bits per heavy atom. The number of hydrogen-bond acceptors (Lipinski definition) is 4. The Morgan fingerprint density at radius 1 is 1.10 bits per heavy atom. The molecule has 0 radical (unpaired) electrons. The van der Waals surface area contributed by atoms with E-state index in [1.165, 1.54) is 4.88 Å². The van der Waals surface area contributed by atoms with E-state index >= 15 is 0 Å². The number of rotatable bonds is 2. The molecule has 0 fully saturated rings. The Bertz CT molecular complexity index is 743. The summed E-state index contributed by atoms with van der Waals surface area (Å²) in [7, 11) is 0. The molecular formula is C15H12N4S.